The van der Waals surface area contributed by atoms with Crippen molar-refractivity contribution in [2.45, 2.75) is 58.1 Å². The summed E-state index contributed by atoms with van der Waals surface area (Å²) in [7, 11) is 0. The molecular formula is C16H24BrNO2. The number of hydrogen-bond acceptors (Lipinski definition) is 3. The zero-order valence-electron chi connectivity index (χ0n) is 12.3. The lowest BCUT2D eigenvalue weighted by atomic mass is 10.1. The highest BCUT2D eigenvalue weighted by Crippen LogP contribution is 2.39. The fraction of sp³-hybridized carbons (Fsp3) is 0.625. The minimum absolute atomic E-state index is 0.137. The second-order valence-electron chi connectivity index (χ2n) is 5.54. The molecule has 0 heterocycles. The van der Waals surface area contributed by atoms with Crippen LogP contribution < -0.4 is 15.2 Å². The van der Waals surface area contributed by atoms with Gasteiger partial charge in [0, 0.05) is 6.04 Å². The van der Waals surface area contributed by atoms with E-state index in [-0.39, 0.29) is 6.04 Å². The van der Waals surface area contributed by atoms with E-state index in [1.54, 1.807) is 0 Å². The number of halogens is 1. The molecule has 2 N–H and O–H groups in total. The molecule has 0 spiro atoms. The highest BCUT2D eigenvalue weighted by atomic mass is 79.9. The molecule has 20 heavy (non-hydrogen) atoms. The first kappa shape index (κ1) is 15.6. The molecule has 2 rings (SSSR count). The molecule has 1 unspecified atom stereocenters. The predicted octanol–water partition coefficient (Wildman–Crippen LogP) is 4.06. The normalized spacial score (nSPS) is 17.2. The largest absolute Gasteiger partial charge is 0.490 e. The van der Waals surface area contributed by atoms with E-state index in [9.17, 15) is 0 Å². The first-order valence-corrected chi connectivity index (χ1v) is 8.27. The van der Waals surface area contributed by atoms with Gasteiger partial charge < -0.3 is 15.2 Å². The first-order valence-electron chi connectivity index (χ1n) is 7.47. The third-order valence-corrected chi connectivity index (χ3v) is 4.10. The first-order chi connectivity index (χ1) is 9.60. The smallest absolute Gasteiger partial charge is 0.175 e. The minimum Gasteiger partial charge on any atom is -0.490 e. The molecule has 0 aromatic heterocycles. The summed E-state index contributed by atoms with van der Waals surface area (Å²) in [5.41, 5.74) is 7.06. The van der Waals surface area contributed by atoms with Crippen molar-refractivity contribution in [1.29, 1.82) is 0 Å². The molecule has 1 saturated carbocycles. The molecule has 112 valence electrons. The quantitative estimate of drug-likeness (QED) is 0.848. The van der Waals surface area contributed by atoms with E-state index in [1.807, 2.05) is 13.8 Å². The fourth-order valence-corrected chi connectivity index (χ4v) is 3.24. The predicted molar refractivity (Wildman–Crippen MR) is 85.5 cm³/mol. The molecule has 1 aromatic carbocycles. The van der Waals surface area contributed by atoms with E-state index in [0.29, 0.717) is 12.7 Å². The van der Waals surface area contributed by atoms with Crippen LogP contribution in [0.2, 0.25) is 0 Å². The summed E-state index contributed by atoms with van der Waals surface area (Å²) in [5, 5.41) is 0. The van der Waals surface area contributed by atoms with E-state index in [2.05, 4.69) is 28.1 Å². The van der Waals surface area contributed by atoms with Gasteiger partial charge in [0.25, 0.3) is 0 Å². The Balaban J connectivity index is 2.23. The maximum absolute atomic E-state index is 6.15. The highest BCUT2D eigenvalue weighted by Gasteiger charge is 2.21. The van der Waals surface area contributed by atoms with E-state index < -0.39 is 0 Å². The molecular weight excluding hydrogens is 318 g/mol. The lowest BCUT2D eigenvalue weighted by Gasteiger charge is -2.19. The van der Waals surface area contributed by atoms with Crippen molar-refractivity contribution in [3.63, 3.8) is 0 Å². The third-order valence-electron chi connectivity index (χ3n) is 3.51. The van der Waals surface area contributed by atoms with Crippen LogP contribution in [0.25, 0.3) is 0 Å². The Morgan fingerprint density at radius 3 is 2.65 bits per heavy atom. The zero-order valence-corrected chi connectivity index (χ0v) is 13.9. The summed E-state index contributed by atoms with van der Waals surface area (Å²) < 4.78 is 12.9. The van der Waals surface area contributed by atoms with Gasteiger partial charge in [-0.1, -0.05) is 0 Å². The minimum atomic E-state index is 0.137. The van der Waals surface area contributed by atoms with Gasteiger partial charge in [-0.3, -0.25) is 0 Å². The zero-order chi connectivity index (χ0) is 14.5. The van der Waals surface area contributed by atoms with Gasteiger partial charge in [-0.05, 0) is 79.6 Å². The molecule has 0 radical (unpaired) electrons. The second-order valence-corrected chi connectivity index (χ2v) is 6.40. The standard InChI is InChI=1S/C16H24BrNO2/c1-3-19-15-10-12(8-11(2)18)9-14(17)16(15)20-13-6-4-5-7-13/h9-11,13H,3-8,18H2,1-2H3. The summed E-state index contributed by atoms with van der Waals surface area (Å²) in [6.45, 7) is 4.64. The molecule has 1 aromatic rings. The monoisotopic (exact) mass is 341 g/mol. The van der Waals surface area contributed by atoms with Crippen molar-refractivity contribution < 1.29 is 9.47 Å². The maximum Gasteiger partial charge on any atom is 0.175 e. The Hall–Kier alpha value is -0.740. The summed E-state index contributed by atoms with van der Waals surface area (Å²) in [5.74, 6) is 1.66. The summed E-state index contributed by atoms with van der Waals surface area (Å²) >= 11 is 3.62. The van der Waals surface area contributed by atoms with Crippen molar-refractivity contribution in [2.75, 3.05) is 6.61 Å². The molecule has 0 aliphatic heterocycles. The molecule has 1 aliphatic rings. The summed E-state index contributed by atoms with van der Waals surface area (Å²) in [6, 6.07) is 4.29. The molecule has 4 heteroatoms. The van der Waals surface area contributed by atoms with Crippen LogP contribution >= 0.6 is 15.9 Å². The molecule has 1 aliphatic carbocycles. The van der Waals surface area contributed by atoms with Gasteiger partial charge in [0.2, 0.25) is 0 Å². The number of rotatable bonds is 6. The van der Waals surface area contributed by atoms with Crippen LogP contribution in [0.1, 0.15) is 45.1 Å². The SMILES string of the molecule is CCOc1cc(CC(C)N)cc(Br)c1OC1CCCC1. The third kappa shape index (κ3) is 4.13. The van der Waals surface area contributed by atoms with Crippen LogP contribution in [0.4, 0.5) is 0 Å². The van der Waals surface area contributed by atoms with E-state index >= 15 is 0 Å². The number of benzene rings is 1. The Bertz CT molecular complexity index is 442. The van der Waals surface area contributed by atoms with Gasteiger partial charge in [-0.25, -0.2) is 0 Å². The van der Waals surface area contributed by atoms with Crippen LogP contribution in [0.15, 0.2) is 16.6 Å². The highest BCUT2D eigenvalue weighted by molar-refractivity contribution is 9.10. The Labute approximate surface area is 130 Å². The number of ether oxygens (including phenoxy) is 2. The van der Waals surface area contributed by atoms with Crippen LogP contribution in [-0.4, -0.2) is 18.8 Å². The Kier molecular flexibility index (Phi) is 5.73. The maximum atomic E-state index is 6.15. The van der Waals surface area contributed by atoms with Crippen molar-refractivity contribution in [3.05, 3.63) is 22.2 Å². The van der Waals surface area contributed by atoms with E-state index in [0.717, 1.165) is 35.2 Å². The number of hydrogen-bond donors (Lipinski definition) is 1. The van der Waals surface area contributed by atoms with Crippen LogP contribution in [0, 0.1) is 0 Å². The topological polar surface area (TPSA) is 44.5 Å². The van der Waals surface area contributed by atoms with Crippen LogP contribution in [0.3, 0.4) is 0 Å². The molecule has 0 saturated heterocycles. The summed E-state index contributed by atoms with van der Waals surface area (Å²) in [4.78, 5) is 0. The van der Waals surface area contributed by atoms with Gasteiger partial charge in [0.1, 0.15) is 0 Å². The summed E-state index contributed by atoms with van der Waals surface area (Å²) in [6.07, 6.45) is 5.95. The van der Waals surface area contributed by atoms with Gasteiger partial charge >= 0.3 is 0 Å². The van der Waals surface area contributed by atoms with Crippen molar-refractivity contribution >= 4 is 15.9 Å². The lowest BCUT2D eigenvalue weighted by Crippen LogP contribution is -2.18. The molecule has 0 bridgehead atoms. The van der Waals surface area contributed by atoms with E-state index in [1.165, 1.54) is 18.4 Å². The Morgan fingerprint density at radius 1 is 1.35 bits per heavy atom. The molecule has 0 amide bonds. The van der Waals surface area contributed by atoms with Gasteiger partial charge in [0.05, 0.1) is 17.2 Å². The lowest BCUT2D eigenvalue weighted by molar-refractivity contribution is 0.195. The van der Waals surface area contributed by atoms with Crippen LogP contribution in [-0.2, 0) is 6.42 Å². The molecule has 3 nitrogen and oxygen atoms in total. The van der Waals surface area contributed by atoms with Crippen molar-refractivity contribution in [3.8, 4) is 11.5 Å². The van der Waals surface area contributed by atoms with Gasteiger partial charge in [-0.15, -0.1) is 0 Å². The second kappa shape index (κ2) is 7.32. The Morgan fingerprint density at radius 2 is 2.05 bits per heavy atom. The van der Waals surface area contributed by atoms with Gasteiger partial charge in [-0.2, -0.15) is 0 Å². The van der Waals surface area contributed by atoms with Crippen LogP contribution in [0.5, 0.6) is 11.5 Å². The van der Waals surface area contributed by atoms with Crippen molar-refractivity contribution in [2.24, 2.45) is 5.73 Å². The average Bonchev–Trinajstić information content (AvgIpc) is 2.86. The number of nitrogens with two attached hydrogens (primary N) is 1. The molecule has 1 fully saturated rings. The average molecular weight is 342 g/mol. The van der Waals surface area contributed by atoms with Gasteiger partial charge in [0.15, 0.2) is 11.5 Å². The van der Waals surface area contributed by atoms with Crippen molar-refractivity contribution in [1.82, 2.24) is 0 Å². The van der Waals surface area contributed by atoms with E-state index in [4.69, 9.17) is 15.2 Å². The fourth-order valence-electron chi connectivity index (χ4n) is 2.66. The molecule has 1 atom stereocenters.